The molecule has 2 N–H and O–H groups in total. The molecule has 0 atom stereocenters. The van der Waals surface area contributed by atoms with Gasteiger partial charge in [-0.1, -0.05) is 6.07 Å². The second-order valence-corrected chi connectivity index (χ2v) is 5.11. The number of phenols is 1. The summed E-state index contributed by atoms with van der Waals surface area (Å²) in [5, 5.41) is 12.3. The summed E-state index contributed by atoms with van der Waals surface area (Å²) in [5.74, 6) is 1.14. The van der Waals surface area contributed by atoms with Crippen molar-refractivity contribution in [3.05, 3.63) is 42.0 Å². The number of hydrogen-bond donors (Lipinski definition) is 2. The summed E-state index contributed by atoms with van der Waals surface area (Å²) in [5.41, 5.74) is 0.869. The van der Waals surface area contributed by atoms with Crippen LogP contribution in [0.1, 0.15) is 31.1 Å². The van der Waals surface area contributed by atoms with E-state index in [2.05, 4.69) is 5.32 Å². The molecule has 0 saturated carbocycles. The number of benzene rings is 2. The van der Waals surface area contributed by atoms with Gasteiger partial charge in [0.1, 0.15) is 5.75 Å². The van der Waals surface area contributed by atoms with Gasteiger partial charge in [0.15, 0.2) is 11.5 Å². The SMILES string of the molecule is CCOc1cc(C(=O)Nc2cccc(O)c2)cc(OCC)c1OCC. The maximum atomic E-state index is 12.6. The van der Waals surface area contributed by atoms with E-state index in [9.17, 15) is 9.90 Å². The summed E-state index contributed by atoms with van der Waals surface area (Å²) >= 11 is 0. The molecule has 0 radical (unpaired) electrons. The number of rotatable bonds is 8. The molecule has 0 bridgehead atoms. The molecule has 6 nitrogen and oxygen atoms in total. The van der Waals surface area contributed by atoms with Gasteiger partial charge in [-0.3, -0.25) is 4.79 Å². The Hall–Kier alpha value is -2.89. The Morgan fingerprint density at radius 2 is 1.56 bits per heavy atom. The van der Waals surface area contributed by atoms with Gasteiger partial charge >= 0.3 is 0 Å². The topological polar surface area (TPSA) is 77.0 Å². The molecule has 2 aromatic carbocycles. The molecule has 0 aliphatic rings. The van der Waals surface area contributed by atoms with Crippen LogP contribution in [0.15, 0.2) is 36.4 Å². The highest BCUT2D eigenvalue weighted by molar-refractivity contribution is 6.05. The molecule has 134 valence electrons. The molecule has 0 spiro atoms. The summed E-state index contributed by atoms with van der Waals surface area (Å²) in [6, 6.07) is 9.59. The number of nitrogens with one attached hydrogen (secondary N) is 1. The van der Waals surface area contributed by atoms with E-state index in [0.29, 0.717) is 48.3 Å². The second-order valence-electron chi connectivity index (χ2n) is 5.11. The molecule has 6 heteroatoms. The minimum absolute atomic E-state index is 0.0782. The molecule has 0 saturated heterocycles. The van der Waals surface area contributed by atoms with Crippen molar-refractivity contribution in [3.8, 4) is 23.0 Å². The number of hydrogen-bond acceptors (Lipinski definition) is 5. The first-order valence-electron chi connectivity index (χ1n) is 8.25. The van der Waals surface area contributed by atoms with Gasteiger partial charge in [-0.15, -0.1) is 0 Å². The van der Waals surface area contributed by atoms with Crippen LogP contribution < -0.4 is 19.5 Å². The third-order valence-corrected chi connectivity index (χ3v) is 3.28. The first-order valence-corrected chi connectivity index (χ1v) is 8.25. The lowest BCUT2D eigenvalue weighted by Gasteiger charge is -2.17. The van der Waals surface area contributed by atoms with E-state index < -0.39 is 0 Å². The predicted molar refractivity (Wildman–Crippen MR) is 96.0 cm³/mol. The third kappa shape index (κ3) is 4.79. The zero-order chi connectivity index (χ0) is 18.2. The number of ether oxygens (including phenoxy) is 3. The van der Waals surface area contributed by atoms with Crippen molar-refractivity contribution in [1.82, 2.24) is 0 Å². The summed E-state index contributed by atoms with van der Waals surface area (Å²) in [6.45, 7) is 6.90. The van der Waals surface area contributed by atoms with Crippen LogP contribution in [0, 0.1) is 0 Å². The summed E-state index contributed by atoms with van der Waals surface area (Å²) in [6.07, 6.45) is 0. The van der Waals surface area contributed by atoms with Crippen molar-refractivity contribution < 1.29 is 24.1 Å². The van der Waals surface area contributed by atoms with E-state index in [0.717, 1.165) is 0 Å². The van der Waals surface area contributed by atoms with Crippen LogP contribution in [0.3, 0.4) is 0 Å². The lowest BCUT2D eigenvalue weighted by atomic mass is 10.1. The van der Waals surface area contributed by atoms with Gasteiger partial charge in [0.25, 0.3) is 5.91 Å². The normalized spacial score (nSPS) is 10.2. The van der Waals surface area contributed by atoms with Gasteiger partial charge in [-0.05, 0) is 45.0 Å². The average molecular weight is 345 g/mol. The Kier molecular flexibility index (Phi) is 6.51. The van der Waals surface area contributed by atoms with Crippen LogP contribution in [0.2, 0.25) is 0 Å². The van der Waals surface area contributed by atoms with Crippen molar-refractivity contribution >= 4 is 11.6 Å². The fraction of sp³-hybridized carbons (Fsp3) is 0.316. The minimum atomic E-state index is -0.337. The number of amides is 1. The van der Waals surface area contributed by atoms with Gasteiger partial charge in [-0.2, -0.15) is 0 Å². The lowest BCUT2D eigenvalue weighted by molar-refractivity contribution is 0.102. The smallest absolute Gasteiger partial charge is 0.255 e. The monoisotopic (exact) mass is 345 g/mol. The number of carbonyl (C=O) groups excluding carboxylic acids is 1. The summed E-state index contributed by atoms with van der Waals surface area (Å²) in [7, 11) is 0. The number of carbonyl (C=O) groups is 1. The van der Waals surface area contributed by atoms with Gasteiger partial charge in [0.05, 0.1) is 19.8 Å². The summed E-state index contributed by atoms with van der Waals surface area (Å²) in [4.78, 5) is 12.6. The van der Waals surface area contributed by atoms with Gasteiger partial charge in [0, 0.05) is 17.3 Å². The first-order chi connectivity index (χ1) is 12.1. The van der Waals surface area contributed by atoms with Crippen molar-refractivity contribution in [3.63, 3.8) is 0 Å². The standard InChI is InChI=1S/C19H23NO5/c1-4-23-16-10-13(11-17(24-5-2)18(16)25-6-3)19(22)20-14-8-7-9-15(21)12-14/h7-12,21H,4-6H2,1-3H3,(H,20,22). The number of aromatic hydroxyl groups is 1. The molecule has 2 rings (SSSR count). The molecule has 0 aliphatic heterocycles. The van der Waals surface area contributed by atoms with E-state index in [1.54, 1.807) is 24.3 Å². The maximum Gasteiger partial charge on any atom is 0.255 e. The van der Waals surface area contributed by atoms with Crippen LogP contribution >= 0.6 is 0 Å². The number of phenolic OH excluding ortho intramolecular Hbond substituents is 1. The highest BCUT2D eigenvalue weighted by Gasteiger charge is 2.18. The van der Waals surface area contributed by atoms with Gasteiger partial charge in [-0.25, -0.2) is 0 Å². The highest BCUT2D eigenvalue weighted by Crippen LogP contribution is 2.39. The summed E-state index contributed by atoms with van der Waals surface area (Å²) < 4.78 is 16.9. The molecule has 0 fully saturated rings. The Morgan fingerprint density at radius 3 is 2.08 bits per heavy atom. The Balaban J connectivity index is 2.36. The molecule has 0 unspecified atom stereocenters. The predicted octanol–water partition coefficient (Wildman–Crippen LogP) is 3.84. The van der Waals surface area contributed by atoms with Crippen molar-refractivity contribution in [2.75, 3.05) is 25.1 Å². The van der Waals surface area contributed by atoms with Crippen LogP contribution in [-0.4, -0.2) is 30.8 Å². The fourth-order valence-corrected chi connectivity index (χ4v) is 2.31. The zero-order valence-electron chi connectivity index (χ0n) is 14.7. The molecule has 25 heavy (non-hydrogen) atoms. The molecular weight excluding hydrogens is 322 g/mol. The quantitative estimate of drug-likeness (QED) is 0.760. The Bertz CT molecular complexity index is 702. The van der Waals surface area contributed by atoms with Crippen molar-refractivity contribution in [2.24, 2.45) is 0 Å². The largest absolute Gasteiger partial charge is 0.508 e. The lowest BCUT2D eigenvalue weighted by Crippen LogP contribution is -2.13. The fourth-order valence-electron chi connectivity index (χ4n) is 2.31. The maximum absolute atomic E-state index is 12.6. The molecule has 0 heterocycles. The van der Waals surface area contributed by atoms with Crippen LogP contribution in [-0.2, 0) is 0 Å². The molecule has 0 aromatic heterocycles. The third-order valence-electron chi connectivity index (χ3n) is 3.28. The van der Waals surface area contributed by atoms with Crippen molar-refractivity contribution in [1.29, 1.82) is 0 Å². The second kappa shape index (κ2) is 8.82. The van der Waals surface area contributed by atoms with Crippen molar-refractivity contribution in [2.45, 2.75) is 20.8 Å². The highest BCUT2D eigenvalue weighted by atomic mass is 16.5. The Morgan fingerprint density at radius 1 is 0.960 bits per heavy atom. The van der Waals surface area contributed by atoms with Crippen LogP contribution in [0.4, 0.5) is 5.69 Å². The van der Waals surface area contributed by atoms with E-state index >= 15 is 0 Å². The molecule has 1 amide bonds. The van der Waals surface area contributed by atoms with Gasteiger partial charge < -0.3 is 24.6 Å². The average Bonchev–Trinajstić information content (AvgIpc) is 2.58. The van der Waals surface area contributed by atoms with E-state index in [1.807, 2.05) is 20.8 Å². The molecule has 0 aliphatic carbocycles. The Labute approximate surface area is 147 Å². The van der Waals surface area contributed by atoms with E-state index in [1.165, 1.54) is 12.1 Å². The molecular formula is C19H23NO5. The van der Waals surface area contributed by atoms with Gasteiger partial charge in [0.2, 0.25) is 5.75 Å². The van der Waals surface area contributed by atoms with Crippen LogP contribution in [0.25, 0.3) is 0 Å². The molecule has 2 aromatic rings. The van der Waals surface area contributed by atoms with Crippen LogP contribution in [0.5, 0.6) is 23.0 Å². The number of anilines is 1. The first kappa shape index (κ1) is 18.4. The van der Waals surface area contributed by atoms with E-state index in [4.69, 9.17) is 14.2 Å². The minimum Gasteiger partial charge on any atom is -0.508 e. The zero-order valence-corrected chi connectivity index (χ0v) is 14.7. The van der Waals surface area contributed by atoms with E-state index in [-0.39, 0.29) is 11.7 Å².